The van der Waals surface area contributed by atoms with Gasteiger partial charge < -0.3 is 24.6 Å². The molecule has 0 saturated carbocycles. The van der Waals surface area contributed by atoms with E-state index in [0.717, 1.165) is 38.2 Å². The van der Waals surface area contributed by atoms with Crippen LogP contribution >= 0.6 is 11.6 Å². The number of hydrogen-bond donors (Lipinski definition) is 2. The minimum Gasteiger partial charge on any atom is -0.437 e. The molecule has 0 amide bonds. The van der Waals surface area contributed by atoms with Crippen molar-refractivity contribution < 1.29 is 13.9 Å². The van der Waals surface area contributed by atoms with E-state index < -0.39 is 5.82 Å². The Kier molecular flexibility index (Phi) is 6.74. The predicted molar refractivity (Wildman–Crippen MR) is 157 cm³/mol. The van der Waals surface area contributed by atoms with Gasteiger partial charge in [0, 0.05) is 62.5 Å². The quantitative estimate of drug-likeness (QED) is 0.289. The number of piperazine rings is 1. The Morgan fingerprint density at radius 3 is 2.79 bits per heavy atom. The van der Waals surface area contributed by atoms with Crippen molar-refractivity contribution in [3.05, 3.63) is 70.3 Å². The van der Waals surface area contributed by atoms with E-state index in [2.05, 4.69) is 49.5 Å². The molecule has 0 aliphatic carbocycles. The molecule has 10 nitrogen and oxygen atoms in total. The minimum absolute atomic E-state index is 0.0685. The molecular formula is C30H26ClFN8O2. The first kappa shape index (κ1) is 26.4. The highest BCUT2D eigenvalue weighted by molar-refractivity contribution is 6.33. The first-order valence-electron chi connectivity index (χ1n) is 13.7. The smallest absolute Gasteiger partial charge is 0.246 e. The monoisotopic (exact) mass is 584 g/mol. The van der Waals surface area contributed by atoms with Crippen LogP contribution in [0.4, 0.5) is 10.1 Å². The Hall–Kier alpha value is -4.50. The average molecular weight is 585 g/mol. The number of nitrogens with one attached hydrogen (secondary N) is 2. The summed E-state index contributed by atoms with van der Waals surface area (Å²) in [4.78, 5) is 13.7. The zero-order chi connectivity index (χ0) is 28.8. The number of benzene rings is 2. The lowest BCUT2D eigenvalue weighted by atomic mass is 9.99. The molecule has 12 heteroatoms. The molecule has 42 heavy (non-hydrogen) atoms. The molecule has 0 bridgehead atoms. The number of hydrogen-bond acceptors (Lipinski definition) is 9. The van der Waals surface area contributed by atoms with Crippen LogP contribution in [0.3, 0.4) is 0 Å². The summed E-state index contributed by atoms with van der Waals surface area (Å²) in [6.07, 6.45) is 3.91. The Morgan fingerprint density at radius 1 is 1.10 bits per heavy atom. The number of aromatic nitrogens is 4. The second-order valence-corrected chi connectivity index (χ2v) is 10.8. The highest BCUT2D eigenvalue weighted by atomic mass is 35.5. The van der Waals surface area contributed by atoms with E-state index in [0.29, 0.717) is 51.9 Å². The fourth-order valence-corrected chi connectivity index (χ4v) is 5.90. The van der Waals surface area contributed by atoms with Gasteiger partial charge in [-0.15, -0.1) is 0 Å². The summed E-state index contributed by atoms with van der Waals surface area (Å²) in [6.45, 7) is 4.60. The zero-order valence-corrected chi connectivity index (χ0v) is 23.5. The number of aromatic amines is 1. The first-order chi connectivity index (χ1) is 20.5. The lowest BCUT2D eigenvalue weighted by molar-refractivity contribution is 0.308. The number of H-pyrrole nitrogens is 1. The number of anilines is 1. The summed E-state index contributed by atoms with van der Waals surface area (Å²) in [6, 6.07) is 11.4. The topological polar surface area (TPSA) is 115 Å². The molecule has 212 valence electrons. The number of likely N-dealkylation sites (N-methyl/N-ethyl adjacent to an activating group) is 1. The lowest BCUT2D eigenvalue weighted by Crippen LogP contribution is -2.44. The van der Waals surface area contributed by atoms with Gasteiger partial charge in [-0.1, -0.05) is 23.7 Å². The Morgan fingerprint density at radius 2 is 1.95 bits per heavy atom. The predicted octanol–water partition coefficient (Wildman–Crippen LogP) is 5.15. The molecule has 1 fully saturated rings. The van der Waals surface area contributed by atoms with Crippen LogP contribution in [-0.2, 0) is 13.0 Å². The van der Waals surface area contributed by atoms with Gasteiger partial charge in [-0.3, -0.25) is 5.10 Å². The highest BCUT2D eigenvalue weighted by Crippen LogP contribution is 2.43. The van der Waals surface area contributed by atoms with E-state index in [-0.39, 0.29) is 22.5 Å². The summed E-state index contributed by atoms with van der Waals surface area (Å²) < 4.78 is 27.4. The maximum Gasteiger partial charge on any atom is 0.246 e. The molecule has 5 heterocycles. The van der Waals surface area contributed by atoms with Crippen molar-refractivity contribution >= 4 is 39.1 Å². The van der Waals surface area contributed by atoms with Crippen molar-refractivity contribution in [2.75, 3.05) is 44.7 Å². The molecule has 2 aliphatic rings. The summed E-state index contributed by atoms with van der Waals surface area (Å²) in [5.74, 6) is 0.328. The Bertz CT molecular complexity index is 1880. The van der Waals surface area contributed by atoms with Crippen LogP contribution in [0.2, 0.25) is 5.02 Å². The second-order valence-electron chi connectivity index (χ2n) is 10.4. The molecule has 0 unspecified atom stereocenters. The second kappa shape index (κ2) is 10.7. The molecule has 7 rings (SSSR count). The first-order valence-corrected chi connectivity index (χ1v) is 14.0. The van der Waals surface area contributed by atoms with Crippen molar-refractivity contribution in [1.82, 2.24) is 30.4 Å². The van der Waals surface area contributed by atoms with Gasteiger partial charge >= 0.3 is 0 Å². The number of rotatable bonds is 5. The van der Waals surface area contributed by atoms with Crippen LogP contribution in [0.5, 0.6) is 23.3 Å². The van der Waals surface area contributed by atoms with E-state index >= 15 is 0 Å². The van der Waals surface area contributed by atoms with Crippen LogP contribution in [0.25, 0.3) is 21.8 Å². The summed E-state index contributed by atoms with van der Waals surface area (Å²) in [7, 11) is 2.09. The Labute approximate surface area is 245 Å². The van der Waals surface area contributed by atoms with Crippen molar-refractivity contribution in [2.24, 2.45) is 0 Å². The third-order valence-corrected chi connectivity index (χ3v) is 8.12. The van der Waals surface area contributed by atoms with E-state index in [9.17, 15) is 9.65 Å². The van der Waals surface area contributed by atoms with Crippen LogP contribution in [-0.4, -0.2) is 64.8 Å². The van der Waals surface area contributed by atoms with Gasteiger partial charge in [0.05, 0.1) is 22.8 Å². The largest absolute Gasteiger partial charge is 0.437 e. The van der Waals surface area contributed by atoms with Crippen LogP contribution in [0.1, 0.15) is 16.7 Å². The molecule has 2 N–H and O–H groups in total. The van der Waals surface area contributed by atoms with Gasteiger partial charge in [0.15, 0.2) is 5.75 Å². The normalized spacial score (nSPS) is 15.5. The fourth-order valence-electron chi connectivity index (χ4n) is 5.71. The molecule has 3 aromatic heterocycles. The van der Waals surface area contributed by atoms with E-state index in [1.807, 2.05) is 12.1 Å². The lowest BCUT2D eigenvalue weighted by Gasteiger charge is -2.31. The highest BCUT2D eigenvalue weighted by Gasteiger charge is 2.27. The SMILES string of the molecule is CN1CCc2c(cccc2Oc2nc3c(Oc4c(Cl)c(F)cc5[nH]ncc45)nccc3c(N3CCNCC3)c2C#N)C1. The van der Waals surface area contributed by atoms with Gasteiger partial charge in [0.2, 0.25) is 11.8 Å². The molecule has 1 saturated heterocycles. The molecule has 0 atom stereocenters. The Balaban J connectivity index is 1.42. The maximum atomic E-state index is 14.7. The van der Waals surface area contributed by atoms with Crippen LogP contribution in [0, 0.1) is 17.1 Å². The number of nitrogens with zero attached hydrogens (tertiary/aromatic N) is 6. The van der Waals surface area contributed by atoms with E-state index in [1.165, 1.54) is 17.8 Å². The molecule has 0 radical (unpaired) electrons. The van der Waals surface area contributed by atoms with E-state index in [1.54, 1.807) is 12.3 Å². The molecule has 2 aromatic carbocycles. The van der Waals surface area contributed by atoms with Gasteiger partial charge in [-0.05, 0) is 31.2 Å². The van der Waals surface area contributed by atoms with Crippen molar-refractivity contribution in [1.29, 1.82) is 5.26 Å². The third kappa shape index (κ3) is 4.54. The standard InChI is InChI=1S/C30H26ClFN8O2/c1-39-10-6-18-17(16-39)3-2-4-24(18)41-29-20(14-33)27(40-11-8-34-9-12-40)19-5-7-35-30(26(19)37-29)42-28-21-15-36-38-23(21)13-22(32)25(28)31/h2-5,7,13,15,34H,6,8-12,16H2,1H3,(H,36,38). The van der Waals surface area contributed by atoms with E-state index in [4.69, 9.17) is 26.1 Å². The molecule has 5 aromatic rings. The van der Waals surface area contributed by atoms with Crippen LogP contribution in [0.15, 0.2) is 42.7 Å². The van der Waals surface area contributed by atoms with Crippen molar-refractivity contribution in [3.63, 3.8) is 0 Å². The van der Waals surface area contributed by atoms with Gasteiger partial charge in [-0.2, -0.15) is 10.4 Å². The van der Waals surface area contributed by atoms with Gasteiger partial charge in [-0.25, -0.2) is 14.4 Å². The number of nitriles is 1. The minimum atomic E-state index is -0.659. The molecule has 0 spiro atoms. The summed E-state index contributed by atoms with van der Waals surface area (Å²) in [5, 5.41) is 21.5. The number of pyridine rings is 2. The van der Waals surface area contributed by atoms with Gasteiger partial charge in [0.25, 0.3) is 0 Å². The summed E-state index contributed by atoms with van der Waals surface area (Å²) in [5.41, 5.74) is 4.08. The number of halogens is 2. The summed E-state index contributed by atoms with van der Waals surface area (Å²) >= 11 is 6.37. The number of ether oxygens (including phenoxy) is 2. The molecule has 2 aliphatic heterocycles. The van der Waals surface area contributed by atoms with Gasteiger partial charge in [0.1, 0.15) is 33.7 Å². The molecular weight excluding hydrogens is 559 g/mol. The van der Waals surface area contributed by atoms with Crippen molar-refractivity contribution in [3.8, 4) is 29.3 Å². The van der Waals surface area contributed by atoms with Crippen molar-refractivity contribution in [2.45, 2.75) is 13.0 Å². The fraction of sp³-hybridized carbons (Fsp3) is 0.267. The maximum absolute atomic E-state index is 14.7. The zero-order valence-electron chi connectivity index (χ0n) is 22.7. The third-order valence-electron chi connectivity index (χ3n) is 7.77. The average Bonchev–Trinajstić information content (AvgIpc) is 3.47. The number of fused-ring (bicyclic) bond motifs is 3. The van der Waals surface area contributed by atoms with Crippen LogP contribution < -0.4 is 19.7 Å².